The van der Waals surface area contributed by atoms with Crippen LogP contribution in [0.2, 0.25) is 0 Å². The Morgan fingerprint density at radius 3 is 1.85 bits per heavy atom. The van der Waals surface area contributed by atoms with Gasteiger partial charge in [0.2, 0.25) is 0 Å². The lowest BCUT2D eigenvalue weighted by molar-refractivity contribution is 0.967. The maximum absolute atomic E-state index is 5.12. The Bertz CT molecular complexity index is 2030. The van der Waals surface area contributed by atoms with Crippen LogP contribution < -0.4 is 0 Å². The minimum absolute atomic E-state index is 0.657. The third-order valence-corrected chi connectivity index (χ3v) is 7.90. The molecule has 7 aromatic rings. The highest BCUT2D eigenvalue weighted by atomic mass is 15.1. The van der Waals surface area contributed by atoms with E-state index in [1.807, 2.05) is 36.4 Å². The molecule has 0 radical (unpaired) electrons. The van der Waals surface area contributed by atoms with Gasteiger partial charge in [0.15, 0.2) is 17.5 Å². The zero-order chi connectivity index (χ0) is 27.2. The first-order valence-corrected chi connectivity index (χ1v) is 14.0. The molecule has 0 fully saturated rings. The first-order chi connectivity index (χ1) is 20.3. The highest BCUT2D eigenvalue weighted by Gasteiger charge is 2.22. The number of hydrogen-bond donors (Lipinski definition) is 0. The highest BCUT2D eigenvalue weighted by molar-refractivity contribution is 5.96. The maximum atomic E-state index is 5.12. The lowest BCUT2D eigenvalue weighted by Crippen LogP contribution is -2.05. The predicted molar refractivity (Wildman–Crippen MR) is 168 cm³/mol. The molecule has 0 amide bonds. The van der Waals surface area contributed by atoms with Crippen molar-refractivity contribution in [2.24, 2.45) is 0 Å². The quantitative estimate of drug-likeness (QED) is 0.230. The van der Waals surface area contributed by atoms with Crippen molar-refractivity contribution in [3.05, 3.63) is 139 Å². The molecule has 0 unspecified atom stereocenters. The number of fused-ring (bicyclic) bond motifs is 4. The molecule has 4 heteroatoms. The third kappa shape index (κ3) is 4.04. The van der Waals surface area contributed by atoms with Gasteiger partial charge in [-0.2, -0.15) is 0 Å². The molecule has 0 atom stereocenters. The fourth-order valence-electron chi connectivity index (χ4n) is 5.97. The Morgan fingerprint density at radius 2 is 1.15 bits per heavy atom. The summed E-state index contributed by atoms with van der Waals surface area (Å²) in [7, 11) is 0. The van der Waals surface area contributed by atoms with Gasteiger partial charge in [0.05, 0.1) is 11.2 Å². The molecule has 4 nitrogen and oxygen atoms in total. The Morgan fingerprint density at radius 1 is 0.561 bits per heavy atom. The lowest BCUT2D eigenvalue weighted by atomic mass is 10.0. The molecular weight excluding hydrogens is 500 g/mol. The maximum Gasteiger partial charge on any atom is 0.166 e. The molecular formula is C37H26N4. The first kappa shape index (κ1) is 23.5. The van der Waals surface area contributed by atoms with Crippen LogP contribution in [0, 0.1) is 0 Å². The summed E-state index contributed by atoms with van der Waals surface area (Å²) in [5.74, 6) is 1.98. The molecule has 0 aliphatic heterocycles. The van der Waals surface area contributed by atoms with Crippen LogP contribution in [-0.2, 0) is 6.42 Å². The van der Waals surface area contributed by atoms with Gasteiger partial charge in [0, 0.05) is 27.8 Å². The third-order valence-electron chi connectivity index (χ3n) is 7.90. The molecule has 0 bridgehead atoms. The minimum Gasteiger partial charge on any atom is -0.309 e. The summed E-state index contributed by atoms with van der Waals surface area (Å²) in [4.78, 5) is 15.2. The van der Waals surface area contributed by atoms with Crippen molar-refractivity contribution in [3.63, 3.8) is 0 Å². The van der Waals surface area contributed by atoms with Crippen LogP contribution in [0.25, 0.3) is 67.6 Å². The molecule has 41 heavy (non-hydrogen) atoms. The predicted octanol–water partition coefficient (Wildman–Crippen LogP) is 8.93. The Hall–Kier alpha value is -5.35. The number of benzene rings is 5. The van der Waals surface area contributed by atoms with E-state index < -0.39 is 0 Å². The molecule has 0 saturated carbocycles. The molecule has 0 saturated heterocycles. The number of allylic oxidation sites excluding steroid dienone is 1. The average Bonchev–Trinajstić information content (AvgIpc) is 3.39. The average molecular weight is 527 g/mol. The van der Waals surface area contributed by atoms with Gasteiger partial charge in [-0.1, -0.05) is 109 Å². The van der Waals surface area contributed by atoms with Gasteiger partial charge in [-0.25, -0.2) is 15.0 Å². The molecule has 0 spiro atoms. The van der Waals surface area contributed by atoms with E-state index in [1.165, 1.54) is 27.5 Å². The van der Waals surface area contributed by atoms with Crippen molar-refractivity contribution in [1.29, 1.82) is 0 Å². The van der Waals surface area contributed by atoms with Gasteiger partial charge in [-0.05, 0) is 53.5 Å². The SMILES string of the molecule is C1=Cc2c(c3ccccc3n2-c2cc3ccccc3cc2-c2nc(-c3ccccc3)nc(-c3ccccc3)n2)CC1. The zero-order valence-corrected chi connectivity index (χ0v) is 22.4. The minimum atomic E-state index is 0.657. The second kappa shape index (κ2) is 9.68. The van der Waals surface area contributed by atoms with Crippen molar-refractivity contribution < 1.29 is 0 Å². The topological polar surface area (TPSA) is 43.6 Å². The van der Waals surface area contributed by atoms with E-state index in [1.54, 1.807) is 0 Å². The van der Waals surface area contributed by atoms with Crippen LogP contribution in [0.5, 0.6) is 0 Å². The van der Waals surface area contributed by atoms with Crippen LogP contribution in [0.4, 0.5) is 0 Å². The van der Waals surface area contributed by atoms with Gasteiger partial charge >= 0.3 is 0 Å². The molecule has 8 rings (SSSR count). The van der Waals surface area contributed by atoms with Crippen LogP contribution in [0.15, 0.2) is 127 Å². The van der Waals surface area contributed by atoms with E-state index >= 15 is 0 Å². The van der Waals surface area contributed by atoms with Crippen LogP contribution in [-0.4, -0.2) is 19.5 Å². The largest absolute Gasteiger partial charge is 0.309 e. The number of para-hydroxylation sites is 1. The van der Waals surface area contributed by atoms with Crippen molar-refractivity contribution >= 4 is 27.8 Å². The van der Waals surface area contributed by atoms with Crippen LogP contribution >= 0.6 is 0 Å². The summed E-state index contributed by atoms with van der Waals surface area (Å²) < 4.78 is 2.40. The number of nitrogens with zero attached hydrogens (tertiary/aromatic N) is 4. The van der Waals surface area contributed by atoms with E-state index in [4.69, 9.17) is 15.0 Å². The van der Waals surface area contributed by atoms with Crippen molar-refractivity contribution in [2.45, 2.75) is 12.8 Å². The zero-order valence-electron chi connectivity index (χ0n) is 22.4. The second-order valence-corrected chi connectivity index (χ2v) is 10.4. The number of hydrogen-bond acceptors (Lipinski definition) is 3. The van der Waals surface area contributed by atoms with E-state index in [-0.39, 0.29) is 0 Å². The number of aryl methyl sites for hydroxylation is 1. The standard InChI is InChI=1S/C37H26N4/c1-3-13-25(14-4-1)35-38-36(26-15-5-2-6-16-26)40-37(39-35)31-23-27-17-7-8-18-28(27)24-34(31)41-32-21-11-9-19-29(32)30-20-10-12-22-33(30)41/h1-9,11-19,21-24H,10,20H2. The summed E-state index contributed by atoms with van der Waals surface area (Å²) in [5.41, 5.74) is 7.79. The molecule has 1 aliphatic rings. The van der Waals surface area contributed by atoms with Crippen molar-refractivity contribution in [3.8, 4) is 39.9 Å². The Labute approximate surface area is 238 Å². The van der Waals surface area contributed by atoms with Crippen molar-refractivity contribution in [2.75, 3.05) is 0 Å². The van der Waals surface area contributed by atoms with Gasteiger partial charge in [-0.15, -0.1) is 0 Å². The van der Waals surface area contributed by atoms with Gasteiger partial charge in [-0.3, -0.25) is 0 Å². The van der Waals surface area contributed by atoms with E-state index in [0.717, 1.165) is 40.6 Å². The van der Waals surface area contributed by atoms with E-state index in [0.29, 0.717) is 17.5 Å². The smallest absolute Gasteiger partial charge is 0.166 e. The van der Waals surface area contributed by atoms with E-state index in [9.17, 15) is 0 Å². The normalized spacial score (nSPS) is 12.6. The fraction of sp³-hybridized carbons (Fsp3) is 0.0541. The second-order valence-electron chi connectivity index (χ2n) is 10.4. The molecule has 2 aromatic heterocycles. The summed E-state index contributed by atoms with van der Waals surface area (Å²) >= 11 is 0. The van der Waals surface area contributed by atoms with Gasteiger partial charge in [0.1, 0.15) is 0 Å². The summed E-state index contributed by atoms with van der Waals surface area (Å²) in [5, 5.41) is 3.63. The van der Waals surface area contributed by atoms with Crippen molar-refractivity contribution in [1.82, 2.24) is 19.5 Å². The van der Waals surface area contributed by atoms with Gasteiger partial charge in [0.25, 0.3) is 0 Å². The molecule has 5 aromatic carbocycles. The Kier molecular flexibility index (Phi) is 5.56. The molecule has 2 heterocycles. The molecule has 194 valence electrons. The van der Waals surface area contributed by atoms with Gasteiger partial charge < -0.3 is 4.57 Å². The first-order valence-electron chi connectivity index (χ1n) is 14.0. The number of aromatic nitrogens is 4. The van der Waals surface area contributed by atoms with Crippen LogP contribution in [0.3, 0.4) is 0 Å². The summed E-state index contributed by atoms with van der Waals surface area (Å²) in [6.45, 7) is 0. The molecule has 1 aliphatic carbocycles. The fourth-order valence-corrected chi connectivity index (χ4v) is 5.97. The van der Waals surface area contributed by atoms with E-state index in [2.05, 4.69) is 102 Å². The highest BCUT2D eigenvalue weighted by Crippen LogP contribution is 2.39. The summed E-state index contributed by atoms with van der Waals surface area (Å²) in [6, 6.07) is 42.1. The van der Waals surface area contributed by atoms with Crippen LogP contribution in [0.1, 0.15) is 17.7 Å². The number of rotatable bonds is 4. The monoisotopic (exact) mass is 526 g/mol. The lowest BCUT2D eigenvalue weighted by Gasteiger charge is -2.17. The summed E-state index contributed by atoms with van der Waals surface area (Å²) in [6.07, 6.45) is 6.64. The Balaban J connectivity index is 1.46. The molecule has 0 N–H and O–H groups in total.